The van der Waals surface area contributed by atoms with Gasteiger partial charge in [-0.25, -0.2) is 13.8 Å². The highest BCUT2D eigenvalue weighted by atomic mass is 35.5. The number of amides is 2. The van der Waals surface area contributed by atoms with Crippen LogP contribution < -0.4 is 9.80 Å². The first-order valence-corrected chi connectivity index (χ1v) is 10.4. The van der Waals surface area contributed by atoms with E-state index in [1.807, 2.05) is 0 Å². The van der Waals surface area contributed by atoms with Crippen LogP contribution >= 0.6 is 11.6 Å². The summed E-state index contributed by atoms with van der Waals surface area (Å²) in [5.41, 5.74) is -1.49. The quantitative estimate of drug-likeness (QED) is 0.494. The van der Waals surface area contributed by atoms with Crippen molar-refractivity contribution in [1.29, 1.82) is 0 Å². The molecule has 4 rings (SSSR count). The summed E-state index contributed by atoms with van der Waals surface area (Å²) in [7, 11) is 1.03. The van der Waals surface area contributed by atoms with Crippen molar-refractivity contribution in [1.82, 2.24) is 4.98 Å². The van der Waals surface area contributed by atoms with Gasteiger partial charge in [-0.1, -0.05) is 11.6 Å². The molecule has 1 fully saturated rings. The van der Waals surface area contributed by atoms with Crippen LogP contribution in [0.4, 0.5) is 33.5 Å². The number of hydrogen-bond donors (Lipinski definition) is 2. The van der Waals surface area contributed by atoms with Crippen molar-refractivity contribution in [2.75, 3.05) is 16.8 Å². The molecule has 2 aliphatic rings. The number of likely N-dealkylation sites (N-methyl/N-ethyl adjacent to an activating group) is 1. The summed E-state index contributed by atoms with van der Waals surface area (Å²) in [6.45, 7) is 0. The van der Waals surface area contributed by atoms with Crippen molar-refractivity contribution in [2.45, 2.75) is 43.7 Å². The lowest BCUT2D eigenvalue weighted by molar-refractivity contribution is -0.138. The van der Waals surface area contributed by atoms with Crippen LogP contribution in [0.5, 0.6) is 0 Å². The molecule has 0 spiro atoms. The van der Waals surface area contributed by atoms with Crippen molar-refractivity contribution in [3.05, 3.63) is 51.7 Å². The Kier molecular flexibility index (Phi) is 6.03. The van der Waals surface area contributed by atoms with Gasteiger partial charge in [-0.3, -0.25) is 14.5 Å². The summed E-state index contributed by atoms with van der Waals surface area (Å²) < 4.78 is 68.9. The number of aliphatic hydroxyl groups is 2. The zero-order valence-electron chi connectivity index (χ0n) is 17.4. The van der Waals surface area contributed by atoms with Crippen molar-refractivity contribution in [3.8, 4) is 0 Å². The third kappa shape index (κ3) is 3.89. The average Bonchev–Trinajstić information content (AvgIpc) is 3.32. The highest BCUT2D eigenvalue weighted by molar-refractivity contribution is 6.31. The molecule has 0 radical (unpaired) electrons. The van der Waals surface area contributed by atoms with E-state index in [2.05, 4.69) is 4.98 Å². The predicted octanol–water partition coefficient (Wildman–Crippen LogP) is 2.62. The van der Waals surface area contributed by atoms with Gasteiger partial charge < -0.3 is 15.1 Å². The fourth-order valence-electron chi connectivity index (χ4n) is 4.25. The Morgan fingerprint density at radius 3 is 2.50 bits per heavy atom. The second-order valence-electron chi connectivity index (χ2n) is 8.01. The minimum absolute atomic E-state index is 0.0213. The molecule has 1 aromatic carbocycles. The van der Waals surface area contributed by atoms with E-state index < -0.39 is 70.0 Å². The number of alkyl halides is 3. The number of benzene rings is 1. The van der Waals surface area contributed by atoms with Crippen LogP contribution in [0.25, 0.3) is 0 Å². The van der Waals surface area contributed by atoms with Gasteiger partial charge in [-0.15, -0.1) is 0 Å². The number of hydrogen-bond acceptors (Lipinski definition) is 5. The van der Waals surface area contributed by atoms with Crippen LogP contribution in [-0.2, 0) is 28.6 Å². The van der Waals surface area contributed by atoms with E-state index in [-0.39, 0.29) is 24.1 Å². The first-order chi connectivity index (χ1) is 15.8. The van der Waals surface area contributed by atoms with Crippen molar-refractivity contribution in [3.63, 3.8) is 0 Å². The molecule has 7 nitrogen and oxygen atoms in total. The SMILES string of the molecule is CN(C(=O)[C@@H]1[C@H](O)[C@H](O)C(=O)N1c1cc(C(F)(F)F)c2c(n1)CCC2)c1cc(Cl)c(F)cc1F. The standard InChI is InChI=1S/C21H17ClF5N3O4/c1-29(14-6-10(22)11(23)7-12(14)24)19(33)16-17(31)18(32)20(34)30(16)15-5-9(21(25,26)27)8-3-2-4-13(8)28-15/h5-7,16-18,31-32H,2-4H2,1H3/t16-,17-,18-/m0/s1. The van der Waals surface area contributed by atoms with E-state index in [0.29, 0.717) is 28.4 Å². The predicted molar refractivity (Wildman–Crippen MR) is 109 cm³/mol. The van der Waals surface area contributed by atoms with Crippen LogP contribution in [0, 0.1) is 11.6 Å². The summed E-state index contributed by atoms with van der Waals surface area (Å²) >= 11 is 5.66. The number of carbonyl (C=O) groups excluding carboxylic acids is 2. The van der Waals surface area contributed by atoms with E-state index in [1.54, 1.807) is 0 Å². The smallest absolute Gasteiger partial charge is 0.387 e. The lowest BCUT2D eigenvalue weighted by Gasteiger charge is -2.29. The highest BCUT2D eigenvalue weighted by Gasteiger charge is 2.53. The van der Waals surface area contributed by atoms with Crippen LogP contribution in [0.2, 0.25) is 5.02 Å². The maximum Gasteiger partial charge on any atom is 0.416 e. The topological polar surface area (TPSA) is 94.0 Å². The monoisotopic (exact) mass is 505 g/mol. The van der Waals surface area contributed by atoms with Gasteiger partial charge in [-0.2, -0.15) is 13.2 Å². The molecule has 2 aromatic rings. The highest BCUT2D eigenvalue weighted by Crippen LogP contribution is 2.40. The van der Waals surface area contributed by atoms with Crippen LogP contribution in [0.1, 0.15) is 23.2 Å². The number of nitrogens with zero attached hydrogens (tertiary/aromatic N) is 3. The Labute approximate surface area is 194 Å². The minimum Gasteiger partial charge on any atom is -0.387 e. The van der Waals surface area contributed by atoms with Crippen LogP contribution in [0.15, 0.2) is 18.2 Å². The van der Waals surface area contributed by atoms with E-state index >= 15 is 0 Å². The molecule has 0 bridgehead atoms. The Morgan fingerprint density at radius 1 is 1.18 bits per heavy atom. The largest absolute Gasteiger partial charge is 0.416 e. The second-order valence-corrected chi connectivity index (χ2v) is 8.42. The van der Waals surface area contributed by atoms with Gasteiger partial charge in [0.1, 0.15) is 29.6 Å². The van der Waals surface area contributed by atoms with Gasteiger partial charge in [-0.05, 0) is 37.0 Å². The van der Waals surface area contributed by atoms with E-state index in [0.717, 1.165) is 13.1 Å². The Bertz CT molecular complexity index is 1190. The maximum atomic E-state index is 14.3. The third-order valence-corrected chi connectivity index (χ3v) is 6.23. The van der Waals surface area contributed by atoms with E-state index in [4.69, 9.17) is 11.6 Å². The van der Waals surface area contributed by atoms with Gasteiger partial charge in [0.25, 0.3) is 11.8 Å². The number of rotatable bonds is 3. The average molecular weight is 506 g/mol. The summed E-state index contributed by atoms with van der Waals surface area (Å²) in [5.74, 6) is -5.30. The summed E-state index contributed by atoms with van der Waals surface area (Å²) in [6.07, 6.45) is -8.25. The molecule has 1 saturated heterocycles. The van der Waals surface area contributed by atoms with Crippen molar-refractivity contribution >= 4 is 34.9 Å². The summed E-state index contributed by atoms with van der Waals surface area (Å²) in [4.78, 5) is 31.1. The number of halogens is 6. The first-order valence-electron chi connectivity index (χ1n) is 10.0. The minimum atomic E-state index is -4.78. The van der Waals surface area contributed by atoms with E-state index in [1.165, 1.54) is 0 Å². The van der Waals surface area contributed by atoms with Gasteiger partial charge in [0.05, 0.1) is 16.3 Å². The molecule has 13 heteroatoms. The zero-order valence-corrected chi connectivity index (χ0v) is 18.2. The molecular formula is C21H17ClF5N3O4. The number of carbonyl (C=O) groups is 2. The Balaban J connectivity index is 1.80. The molecule has 3 atom stereocenters. The normalized spacial score (nSPS) is 22.3. The van der Waals surface area contributed by atoms with Gasteiger partial charge >= 0.3 is 6.18 Å². The molecular weight excluding hydrogens is 489 g/mol. The van der Waals surface area contributed by atoms with Gasteiger partial charge in [0.15, 0.2) is 6.10 Å². The fourth-order valence-corrected chi connectivity index (χ4v) is 4.41. The van der Waals surface area contributed by atoms with Gasteiger partial charge in [0, 0.05) is 18.8 Å². The molecule has 1 aliphatic heterocycles. The molecule has 2 amide bonds. The van der Waals surface area contributed by atoms with Crippen molar-refractivity contribution < 1.29 is 41.8 Å². The number of fused-ring (bicyclic) bond motifs is 1. The molecule has 34 heavy (non-hydrogen) atoms. The lowest BCUT2D eigenvalue weighted by atomic mass is 10.1. The van der Waals surface area contributed by atoms with Crippen LogP contribution in [-0.4, -0.2) is 52.3 Å². The number of pyridine rings is 1. The van der Waals surface area contributed by atoms with Crippen LogP contribution in [0.3, 0.4) is 0 Å². The maximum absolute atomic E-state index is 14.3. The molecule has 0 unspecified atom stereocenters. The zero-order chi connectivity index (χ0) is 25.1. The molecule has 2 N–H and O–H groups in total. The molecule has 1 aliphatic carbocycles. The number of aromatic nitrogens is 1. The molecule has 1 aromatic heterocycles. The first kappa shape index (κ1) is 24.3. The fraction of sp³-hybridized carbons (Fsp3) is 0.381. The van der Waals surface area contributed by atoms with Gasteiger partial charge in [0.2, 0.25) is 0 Å². The number of anilines is 2. The molecule has 0 saturated carbocycles. The number of aryl methyl sites for hydroxylation is 1. The lowest BCUT2D eigenvalue weighted by Crippen LogP contribution is -2.50. The second kappa shape index (κ2) is 8.43. The summed E-state index contributed by atoms with van der Waals surface area (Å²) in [5, 5.41) is 20.0. The Hall–Kier alpha value is -2.83. The molecule has 2 heterocycles. The summed E-state index contributed by atoms with van der Waals surface area (Å²) in [6, 6.07) is -0.142. The third-order valence-electron chi connectivity index (χ3n) is 5.94. The number of aliphatic hydroxyl groups excluding tert-OH is 2. The molecule has 182 valence electrons. The van der Waals surface area contributed by atoms with Crippen molar-refractivity contribution in [2.24, 2.45) is 0 Å². The Morgan fingerprint density at radius 2 is 1.85 bits per heavy atom. The van der Waals surface area contributed by atoms with E-state index in [9.17, 15) is 41.8 Å².